The molecule has 2 aromatic heterocycles. The van der Waals surface area contributed by atoms with E-state index in [4.69, 9.17) is 14.1 Å². The number of pyridine rings is 1. The van der Waals surface area contributed by atoms with E-state index in [1.165, 1.54) is 11.1 Å². The van der Waals surface area contributed by atoms with Crippen LogP contribution in [0.4, 0.5) is 0 Å². The number of phenols is 1. The van der Waals surface area contributed by atoms with Gasteiger partial charge in [0.05, 0.1) is 28.0 Å². The Morgan fingerprint density at radius 2 is 1.04 bits per heavy atom. The molecule has 0 radical (unpaired) electrons. The highest BCUT2D eigenvalue weighted by atomic mass is 16.3. The molecular weight excluding hydrogens is 815 g/mol. The van der Waals surface area contributed by atoms with Crippen LogP contribution in [-0.2, 0) is 27.1 Å². The molecule has 6 aromatic carbocycles. The van der Waals surface area contributed by atoms with Gasteiger partial charge in [-0.25, -0.2) is 4.98 Å². The molecule has 0 aliphatic carbocycles. The van der Waals surface area contributed by atoms with Gasteiger partial charge in [0, 0.05) is 32.6 Å². The molecule has 0 saturated heterocycles. The molecule has 4 heteroatoms. The molecule has 0 unspecified atom stereocenters. The Kier molecular flexibility index (Phi) is 10.9. The van der Waals surface area contributed by atoms with Gasteiger partial charge in [-0.2, -0.15) is 0 Å². The van der Waals surface area contributed by atoms with Crippen LogP contribution >= 0.6 is 0 Å². The van der Waals surface area contributed by atoms with Gasteiger partial charge in [0.2, 0.25) is 0 Å². The summed E-state index contributed by atoms with van der Waals surface area (Å²) in [5.41, 5.74) is 15.5. The topological polar surface area (TPSA) is 50.9 Å². The van der Waals surface area contributed by atoms with Gasteiger partial charge in [0.25, 0.3) is 0 Å². The van der Waals surface area contributed by atoms with Gasteiger partial charge in [0.15, 0.2) is 0 Å². The Morgan fingerprint density at radius 3 is 1.63 bits per heavy atom. The summed E-state index contributed by atoms with van der Waals surface area (Å²) >= 11 is 0. The number of aromatic hydroxyl groups is 1. The summed E-state index contributed by atoms with van der Waals surface area (Å²) in [6.07, 6.45) is 1.90. The predicted molar refractivity (Wildman–Crippen MR) is 286 cm³/mol. The van der Waals surface area contributed by atoms with E-state index in [0.29, 0.717) is 11.4 Å². The van der Waals surface area contributed by atoms with Gasteiger partial charge >= 0.3 is 0 Å². The molecule has 2 heterocycles. The Balaban J connectivity index is 1.44. The van der Waals surface area contributed by atoms with Crippen LogP contribution in [0.25, 0.3) is 72.7 Å². The van der Waals surface area contributed by atoms with Gasteiger partial charge in [-0.15, -0.1) is 0 Å². The third kappa shape index (κ3) is 9.51. The van der Waals surface area contributed by atoms with Crippen LogP contribution in [-0.4, -0.2) is 19.6 Å². The minimum atomic E-state index is -2.34. The zero-order valence-electron chi connectivity index (χ0n) is 45.5. The maximum Gasteiger partial charge on any atom is 0.149 e. The van der Waals surface area contributed by atoms with Crippen molar-refractivity contribution in [2.45, 2.75) is 138 Å². The lowest BCUT2D eigenvalue weighted by Crippen LogP contribution is -2.17. The Labute approximate surface area is 405 Å². The summed E-state index contributed by atoms with van der Waals surface area (Å²) < 4.78 is 27.7. The average Bonchev–Trinajstić information content (AvgIpc) is 3.66. The second-order valence-corrected chi connectivity index (χ2v) is 23.7. The first-order valence-electron chi connectivity index (χ1n) is 25.3. The van der Waals surface area contributed by atoms with Crippen molar-refractivity contribution in [3.63, 3.8) is 0 Å². The van der Waals surface area contributed by atoms with Crippen LogP contribution in [0.1, 0.15) is 141 Å². The zero-order chi connectivity index (χ0) is 51.1. The van der Waals surface area contributed by atoms with E-state index < -0.39 is 12.3 Å². The lowest BCUT2D eigenvalue weighted by molar-refractivity contribution is 0.446. The molecule has 344 valence electrons. The number of benzene rings is 6. The van der Waals surface area contributed by atoms with Crippen molar-refractivity contribution in [2.24, 2.45) is 0 Å². The van der Waals surface area contributed by atoms with Crippen molar-refractivity contribution >= 4 is 11.0 Å². The van der Waals surface area contributed by atoms with Gasteiger partial charge in [-0.05, 0) is 127 Å². The number of imidazole rings is 1. The molecule has 0 bridgehead atoms. The summed E-state index contributed by atoms with van der Waals surface area (Å²) in [7, 11) is 0. The minimum absolute atomic E-state index is 0.0579. The molecule has 4 nitrogen and oxygen atoms in total. The van der Waals surface area contributed by atoms with Crippen LogP contribution in [0.15, 0.2) is 134 Å². The summed E-state index contributed by atoms with van der Waals surface area (Å²) in [5.74, 6) is 0.731. The average molecular weight is 889 g/mol. The molecule has 0 amide bonds. The minimum Gasteiger partial charge on any atom is -0.507 e. The highest BCUT2D eigenvalue weighted by molar-refractivity contribution is 5.98. The highest BCUT2D eigenvalue weighted by Gasteiger charge is 2.30. The number of hydrogen-bond acceptors (Lipinski definition) is 3. The Bertz CT molecular complexity index is 3250. The van der Waals surface area contributed by atoms with E-state index in [1.54, 1.807) is 12.1 Å². The predicted octanol–water partition coefficient (Wildman–Crippen LogP) is 17.3. The fourth-order valence-corrected chi connectivity index (χ4v) is 8.97. The maximum absolute atomic E-state index is 12.6. The van der Waals surface area contributed by atoms with Gasteiger partial charge in [0.1, 0.15) is 11.6 Å². The lowest BCUT2D eigenvalue weighted by Gasteiger charge is -2.27. The van der Waals surface area contributed by atoms with E-state index in [1.807, 2.05) is 12.3 Å². The number of phenolic OH excluding ortho intramolecular Hbond substituents is 1. The summed E-state index contributed by atoms with van der Waals surface area (Å²) in [6, 6.07) is 44.2. The fraction of sp³-hybridized carbons (Fsp3) is 0.333. The van der Waals surface area contributed by atoms with E-state index in [-0.39, 0.29) is 33.0 Å². The molecule has 8 rings (SSSR count). The van der Waals surface area contributed by atoms with Crippen molar-refractivity contribution in [1.82, 2.24) is 14.5 Å². The molecule has 1 N–H and O–H groups in total. The monoisotopic (exact) mass is 889 g/mol. The first kappa shape index (κ1) is 43.3. The van der Waals surface area contributed by atoms with Crippen molar-refractivity contribution in [3.8, 4) is 67.5 Å². The van der Waals surface area contributed by atoms with Crippen LogP contribution < -0.4 is 0 Å². The van der Waals surface area contributed by atoms with Gasteiger partial charge in [-0.1, -0.05) is 188 Å². The van der Waals surface area contributed by atoms with Crippen molar-refractivity contribution in [1.29, 1.82) is 0 Å². The van der Waals surface area contributed by atoms with Gasteiger partial charge in [-0.3, -0.25) is 9.55 Å². The summed E-state index contributed by atoms with van der Waals surface area (Å²) in [5, 5.41) is 12.6. The largest absolute Gasteiger partial charge is 0.507 e. The molecule has 67 heavy (non-hydrogen) atoms. The zero-order valence-corrected chi connectivity index (χ0v) is 42.5. The van der Waals surface area contributed by atoms with Gasteiger partial charge < -0.3 is 5.11 Å². The van der Waals surface area contributed by atoms with E-state index in [0.717, 1.165) is 78.0 Å². The number of aromatic nitrogens is 3. The lowest BCUT2D eigenvalue weighted by atomic mass is 9.79. The number of aryl methyl sites for hydroxylation is 1. The fourth-order valence-electron chi connectivity index (χ4n) is 8.97. The second kappa shape index (κ2) is 16.8. The molecule has 0 aliphatic rings. The smallest absolute Gasteiger partial charge is 0.149 e. The molecule has 0 spiro atoms. The van der Waals surface area contributed by atoms with Crippen molar-refractivity contribution in [2.75, 3.05) is 0 Å². The number of nitrogens with zero attached hydrogens (tertiary/aromatic N) is 3. The molecule has 8 aromatic rings. The molecule has 0 saturated carbocycles. The van der Waals surface area contributed by atoms with E-state index in [9.17, 15) is 5.11 Å². The second-order valence-electron chi connectivity index (χ2n) is 23.7. The van der Waals surface area contributed by atoms with Crippen LogP contribution in [0.3, 0.4) is 0 Å². The van der Waals surface area contributed by atoms with Crippen LogP contribution in [0.2, 0.25) is 0 Å². The number of fused-ring (bicyclic) bond motifs is 1. The first-order valence-corrected chi connectivity index (χ1v) is 23.8. The van der Waals surface area contributed by atoms with E-state index in [2.05, 4.69) is 218 Å². The Hall–Kier alpha value is -6.26. The number of hydrogen-bond donors (Lipinski definition) is 1. The summed E-state index contributed by atoms with van der Waals surface area (Å²) in [6.45, 7) is 30.6. The van der Waals surface area contributed by atoms with Crippen molar-refractivity contribution < 1.29 is 9.22 Å². The standard InChI is InChI=1S/C63H71N3O/c1-39-20-29-54(50(32-39)41-23-27-46(28-24-41)60(5,6)7)66-55-19-17-18-49(56(55)65-58(66)51-37-48(62(11,12)13)38-52(57(51)67)63(14,15)16)43-33-44(35-47(34-43)61(8,9)10)53-36-42(30-31-64-53)40-21-25-45(26-22-40)59(2,3)4/h17-38,67H,1-16H3/i1D3. The molecule has 0 aliphatic heterocycles. The number of para-hydroxylation sites is 1. The first-order chi connectivity index (χ1) is 32.4. The van der Waals surface area contributed by atoms with Crippen molar-refractivity contribution in [3.05, 3.63) is 167 Å². The molecule has 0 fully saturated rings. The van der Waals surface area contributed by atoms with Crippen LogP contribution in [0.5, 0.6) is 5.75 Å². The third-order valence-corrected chi connectivity index (χ3v) is 13.3. The number of rotatable bonds is 6. The van der Waals surface area contributed by atoms with E-state index >= 15 is 0 Å². The Morgan fingerprint density at radius 1 is 0.463 bits per heavy atom. The molecular formula is C63H71N3O. The normalized spacial score (nSPS) is 13.7. The quantitative estimate of drug-likeness (QED) is 0.181. The van der Waals surface area contributed by atoms with Crippen LogP contribution in [0, 0.1) is 6.85 Å². The third-order valence-electron chi connectivity index (χ3n) is 13.3. The SMILES string of the molecule is [2H]C([2H])([2H])c1ccc(-n2c(-c3cc(C(C)(C)C)cc(C(C)(C)C)c3O)nc3c(-c4cc(-c5cc(-c6ccc(C(C)(C)C)cc6)ccn5)cc(C(C)(C)C)c4)cccc32)c(-c2ccc(C(C)(C)C)cc2)c1. The summed E-state index contributed by atoms with van der Waals surface area (Å²) in [4.78, 5) is 10.6. The maximum atomic E-state index is 12.6. The molecule has 0 atom stereocenters. The highest BCUT2D eigenvalue weighted by Crippen LogP contribution is 2.46.